The van der Waals surface area contributed by atoms with Gasteiger partial charge in [-0.3, -0.25) is 4.79 Å². The van der Waals surface area contributed by atoms with Gasteiger partial charge in [-0.15, -0.1) is 0 Å². The highest BCUT2D eigenvalue weighted by atomic mass is 35.5. The van der Waals surface area contributed by atoms with Gasteiger partial charge in [0.25, 0.3) is 0 Å². The van der Waals surface area contributed by atoms with Crippen molar-refractivity contribution < 1.29 is 4.79 Å². The molecule has 1 aliphatic carbocycles. The normalized spacial score (nSPS) is 22.5. The van der Waals surface area contributed by atoms with E-state index >= 15 is 0 Å². The Labute approximate surface area is 137 Å². The van der Waals surface area contributed by atoms with Crippen LogP contribution < -0.4 is 0 Å². The summed E-state index contributed by atoms with van der Waals surface area (Å²) in [6.45, 7) is 3.09. The molecule has 0 bridgehead atoms. The van der Waals surface area contributed by atoms with Gasteiger partial charge in [0.1, 0.15) is 0 Å². The second-order valence-corrected chi connectivity index (χ2v) is 6.87. The Morgan fingerprint density at radius 2 is 2.00 bits per heavy atom. The fraction of sp³-hybridized carbons (Fsp3) is 0.588. The van der Waals surface area contributed by atoms with Crippen LogP contribution in [0.3, 0.4) is 0 Å². The highest BCUT2D eigenvalue weighted by molar-refractivity contribution is 6.43. The molecule has 21 heavy (non-hydrogen) atoms. The molecule has 0 aromatic heterocycles. The molecule has 1 saturated carbocycles. The average Bonchev–Trinajstić information content (AvgIpc) is 2.47. The summed E-state index contributed by atoms with van der Waals surface area (Å²) in [6, 6.07) is 5.83. The number of carbonyl (C=O) groups is 1. The van der Waals surface area contributed by atoms with E-state index in [0.717, 1.165) is 6.54 Å². The molecule has 1 aliphatic rings. The molecule has 4 heteroatoms. The summed E-state index contributed by atoms with van der Waals surface area (Å²) in [5.74, 6) is 0.784. The summed E-state index contributed by atoms with van der Waals surface area (Å²) in [7, 11) is 2.12. The van der Waals surface area contributed by atoms with Crippen LogP contribution in [-0.4, -0.2) is 30.3 Å². The van der Waals surface area contributed by atoms with Crippen LogP contribution in [0.15, 0.2) is 18.2 Å². The Morgan fingerprint density at radius 1 is 1.29 bits per heavy atom. The van der Waals surface area contributed by atoms with Crippen LogP contribution >= 0.6 is 23.2 Å². The van der Waals surface area contributed by atoms with Gasteiger partial charge in [-0.1, -0.05) is 49.0 Å². The van der Waals surface area contributed by atoms with Crippen molar-refractivity contribution in [2.75, 3.05) is 13.6 Å². The summed E-state index contributed by atoms with van der Waals surface area (Å²) < 4.78 is 0. The molecule has 0 amide bonds. The van der Waals surface area contributed by atoms with Gasteiger partial charge in [0.05, 0.1) is 10.0 Å². The molecular formula is C17H23Cl2NO. The van der Waals surface area contributed by atoms with Gasteiger partial charge in [0, 0.05) is 24.6 Å². The van der Waals surface area contributed by atoms with E-state index in [4.69, 9.17) is 23.2 Å². The molecule has 0 radical (unpaired) electrons. The van der Waals surface area contributed by atoms with Gasteiger partial charge in [-0.25, -0.2) is 0 Å². The minimum atomic E-state index is 0.0674. The number of hydrogen-bond donors (Lipinski definition) is 0. The van der Waals surface area contributed by atoms with Crippen LogP contribution in [0.1, 0.15) is 49.4 Å². The molecule has 0 N–H and O–H groups in total. The number of nitrogens with zero attached hydrogens (tertiary/aromatic N) is 1. The molecular weight excluding hydrogens is 305 g/mol. The zero-order chi connectivity index (χ0) is 15.4. The smallest absolute Gasteiger partial charge is 0.165 e. The van der Waals surface area contributed by atoms with Gasteiger partial charge in [0.15, 0.2) is 5.78 Å². The number of ketones is 1. The highest BCUT2D eigenvalue weighted by Gasteiger charge is 2.25. The van der Waals surface area contributed by atoms with Crippen LogP contribution in [0, 0.1) is 5.92 Å². The fourth-order valence-corrected chi connectivity index (χ4v) is 3.65. The zero-order valence-electron chi connectivity index (χ0n) is 12.7. The highest BCUT2D eigenvalue weighted by Crippen LogP contribution is 2.29. The number of halogens is 2. The van der Waals surface area contributed by atoms with Crippen LogP contribution in [-0.2, 0) is 0 Å². The van der Waals surface area contributed by atoms with Crippen molar-refractivity contribution in [2.24, 2.45) is 5.92 Å². The first-order chi connectivity index (χ1) is 10.0. The van der Waals surface area contributed by atoms with Gasteiger partial charge in [0.2, 0.25) is 0 Å². The van der Waals surface area contributed by atoms with Crippen molar-refractivity contribution in [3.05, 3.63) is 33.8 Å². The van der Waals surface area contributed by atoms with Crippen molar-refractivity contribution in [1.82, 2.24) is 4.90 Å². The van der Waals surface area contributed by atoms with Crippen LogP contribution in [0.5, 0.6) is 0 Å². The molecule has 2 unspecified atom stereocenters. The van der Waals surface area contributed by atoms with E-state index in [0.29, 0.717) is 34.0 Å². The van der Waals surface area contributed by atoms with E-state index in [1.807, 2.05) is 0 Å². The summed E-state index contributed by atoms with van der Waals surface area (Å²) in [5, 5.41) is 0.814. The van der Waals surface area contributed by atoms with Crippen molar-refractivity contribution in [3.8, 4) is 0 Å². The first-order valence-corrected chi connectivity index (χ1v) is 8.43. The van der Waals surface area contributed by atoms with Gasteiger partial charge in [-0.05, 0) is 37.9 Å². The number of Topliss-reactive ketones (excluding diaryl/α,β-unsaturated/α-hetero) is 1. The lowest BCUT2D eigenvalue weighted by molar-refractivity contribution is 0.0928. The van der Waals surface area contributed by atoms with E-state index in [-0.39, 0.29) is 5.78 Å². The maximum Gasteiger partial charge on any atom is 0.165 e. The van der Waals surface area contributed by atoms with E-state index in [9.17, 15) is 4.79 Å². The van der Waals surface area contributed by atoms with Crippen LogP contribution in [0.4, 0.5) is 0 Å². The lowest BCUT2D eigenvalue weighted by Crippen LogP contribution is -2.39. The minimum absolute atomic E-state index is 0.0674. The Balaban J connectivity index is 1.93. The summed E-state index contributed by atoms with van der Waals surface area (Å²) in [6.07, 6.45) is 5.66. The predicted octanol–water partition coefficient (Wildman–Crippen LogP) is 5.08. The number of benzene rings is 1. The lowest BCUT2D eigenvalue weighted by Gasteiger charge is -2.36. The number of hydrogen-bond acceptors (Lipinski definition) is 2. The second-order valence-electron chi connectivity index (χ2n) is 6.08. The largest absolute Gasteiger partial charge is 0.303 e. The first-order valence-electron chi connectivity index (χ1n) is 7.68. The molecule has 2 nitrogen and oxygen atoms in total. The molecule has 0 saturated heterocycles. The van der Waals surface area contributed by atoms with Crippen molar-refractivity contribution in [3.63, 3.8) is 0 Å². The predicted molar refractivity (Wildman–Crippen MR) is 89.5 cm³/mol. The summed E-state index contributed by atoms with van der Waals surface area (Å²) in [5.41, 5.74) is 0.536. The maximum atomic E-state index is 12.3. The Morgan fingerprint density at radius 3 is 2.71 bits per heavy atom. The molecule has 0 heterocycles. The SMILES string of the molecule is CC1CCCCC1N(C)CCC(=O)c1cccc(Cl)c1Cl. The Bertz CT molecular complexity index is 504. The third-order valence-electron chi connectivity index (χ3n) is 4.58. The summed E-state index contributed by atoms with van der Waals surface area (Å²) in [4.78, 5) is 14.7. The molecule has 0 aliphatic heterocycles. The van der Waals surface area contributed by atoms with Crippen LogP contribution in [0.25, 0.3) is 0 Å². The number of rotatable bonds is 5. The molecule has 116 valence electrons. The third kappa shape index (κ3) is 4.21. The van der Waals surface area contributed by atoms with Gasteiger partial charge >= 0.3 is 0 Å². The average molecular weight is 328 g/mol. The Kier molecular flexibility index (Phi) is 6.09. The molecule has 1 aromatic rings. The topological polar surface area (TPSA) is 20.3 Å². The third-order valence-corrected chi connectivity index (χ3v) is 5.39. The monoisotopic (exact) mass is 327 g/mol. The zero-order valence-corrected chi connectivity index (χ0v) is 14.3. The maximum absolute atomic E-state index is 12.3. The van der Waals surface area contributed by atoms with E-state index in [1.165, 1.54) is 25.7 Å². The minimum Gasteiger partial charge on any atom is -0.303 e. The Hall–Kier alpha value is -0.570. The van der Waals surface area contributed by atoms with Gasteiger partial charge in [-0.2, -0.15) is 0 Å². The first kappa shape index (κ1) is 16.8. The lowest BCUT2D eigenvalue weighted by atomic mass is 9.85. The standard InChI is InChI=1S/C17H23Cl2NO/c1-12-6-3-4-9-15(12)20(2)11-10-16(21)13-7-5-8-14(18)17(13)19/h5,7-8,12,15H,3-4,6,9-11H2,1-2H3. The molecule has 2 rings (SSSR count). The van der Waals surface area contributed by atoms with E-state index < -0.39 is 0 Å². The van der Waals surface area contributed by atoms with E-state index in [2.05, 4.69) is 18.9 Å². The molecule has 1 fully saturated rings. The van der Waals surface area contributed by atoms with E-state index in [1.54, 1.807) is 18.2 Å². The van der Waals surface area contributed by atoms with Gasteiger partial charge < -0.3 is 4.90 Å². The molecule has 1 aromatic carbocycles. The fourth-order valence-electron chi connectivity index (χ4n) is 3.25. The quantitative estimate of drug-likeness (QED) is 0.703. The van der Waals surface area contributed by atoms with Crippen LogP contribution in [0.2, 0.25) is 10.0 Å². The molecule has 0 spiro atoms. The molecule has 2 atom stereocenters. The number of carbonyl (C=O) groups excluding carboxylic acids is 1. The van der Waals surface area contributed by atoms with Crippen molar-refractivity contribution >= 4 is 29.0 Å². The van der Waals surface area contributed by atoms with Crippen molar-refractivity contribution in [1.29, 1.82) is 0 Å². The second kappa shape index (κ2) is 7.62. The summed E-state index contributed by atoms with van der Waals surface area (Å²) >= 11 is 12.1. The van der Waals surface area contributed by atoms with Crippen molar-refractivity contribution in [2.45, 2.75) is 45.1 Å².